The zero-order valence-corrected chi connectivity index (χ0v) is 8.57. The van der Waals surface area contributed by atoms with Gasteiger partial charge in [-0.15, -0.1) is 0 Å². The van der Waals surface area contributed by atoms with Gasteiger partial charge in [-0.25, -0.2) is 4.79 Å². The molecule has 0 spiro atoms. The Labute approximate surface area is 82.8 Å². The van der Waals surface area contributed by atoms with Crippen molar-refractivity contribution in [3.63, 3.8) is 0 Å². The first-order valence-electron chi connectivity index (χ1n) is 4.70. The molecule has 0 bridgehead atoms. The number of cyclic esters (lactones) is 1. The maximum absolute atomic E-state index is 11.3. The first kappa shape index (κ1) is 10.8. The van der Waals surface area contributed by atoms with E-state index in [2.05, 4.69) is 5.32 Å². The molecule has 0 aromatic rings. The fourth-order valence-corrected chi connectivity index (χ4v) is 1.47. The van der Waals surface area contributed by atoms with Crippen LogP contribution in [0.2, 0.25) is 0 Å². The third kappa shape index (κ3) is 2.16. The highest BCUT2D eigenvalue weighted by Gasteiger charge is 2.38. The Morgan fingerprint density at radius 2 is 2.36 bits per heavy atom. The van der Waals surface area contributed by atoms with E-state index in [9.17, 15) is 9.59 Å². The summed E-state index contributed by atoms with van der Waals surface area (Å²) in [6, 6.07) is -0.151. The Hall–Kier alpha value is -1.26. The van der Waals surface area contributed by atoms with Gasteiger partial charge >= 0.3 is 12.1 Å². The van der Waals surface area contributed by atoms with Gasteiger partial charge in [-0.2, -0.15) is 0 Å². The molecule has 0 saturated carbocycles. The van der Waals surface area contributed by atoms with Gasteiger partial charge < -0.3 is 14.8 Å². The molecule has 1 heterocycles. The van der Waals surface area contributed by atoms with Crippen LogP contribution in [0.5, 0.6) is 0 Å². The molecule has 1 fully saturated rings. The van der Waals surface area contributed by atoms with Gasteiger partial charge in [0.05, 0.1) is 18.6 Å². The van der Waals surface area contributed by atoms with Crippen molar-refractivity contribution in [2.75, 3.05) is 6.61 Å². The number of carbonyl (C=O) groups is 2. The van der Waals surface area contributed by atoms with Crippen LogP contribution in [0.1, 0.15) is 20.8 Å². The largest absolute Gasteiger partial charge is 0.466 e. The number of carbonyl (C=O) groups excluding carboxylic acids is 2. The van der Waals surface area contributed by atoms with Crippen LogP contribution in [0.15, 0.2) is 0 Å². The number of ether oxygens (including phenoxy) is 2. The number of alkyl carbamates (subject to hydrolysis) is 1. The summed E-state index contributed by atoms with van der Waals surface area (Å²) in [6.07, 6.45) is -0.903. The Morgan fingerprint density at radius 3 is 2.79 bits per heavy atom. The van der Waals surface area contributed by atoms with E-state index in [0.29, 0.717) is 6.61 Å². The monoisotopic (exact) mass is 201 g/mol. The summed E-state index contributed by atoms with van der Waals surface area (Å²) in [5, 5.41) is 2.58. The number of hydrogen-bond acceptors (Lipinski definition) is 4. The molecule has 14 heavy (non-hydrogen) atoms. The van der Waals surface area contributed by atoms with Gasteiger partial charge in [0, 0.05) is 0 Å². The molecule has 5 heteroatoms. The second-order valence-corrected chi connectivity index (χ2v) is 3.34. The highest BCUT2D eigenvalue weighted by molar-refractivity contribution is 5.76. The molecule has 1 rings (SSSR count). The fourth-order valence-electron chi connectivity index (χ4n) is 1.47. The molecule has 80 valence electrons. The maximum Gasteiger partial charge on any atom is 0.407 e. The van der Waals surface area contributed by atoms with E-state index in [4.69, 9.17) is 9.47 Å². The number of amides is 1. The second-order valence-electron chi connectivity index (χ2n) is 3.34. The molecule has 0 aromatic carbocycles. The van der Waals surface area contributed by atoms with Gasteiger partial charge in [0.25, 0.3) is 0 Å². The topological polar surface area (TPSA) is 64.6 Å². The van der Waals surface area contributed by atoms with E-state index < -0.39 is 18.1 Å². The lowest BCUT2D eigenvalue weighted by Crippen LogP contribution is -2.36. The van der Waals surface area contributed by atoms with E-state index in [0.717, 1.165) is 0 Å². The molecular weight excluding hydrogens is 186 g/mol. The predicted octanol–water partition coefficient (Wildman–Crippen LogP) is 0.683. The molecule has 1 saturated heterocycles. The SMILES string of the molecule is CCOC(=O)[C@H](C)[C@@H]1OC(=O)N[C@H]1C. The van der Waals surface area contributed by atoms with Crippen molar-refractivity contribution in [2.45, 2.75) is 32.9 Å². The van der Waals surface area contributed by atoms with Gasteiger partial charge in [0.15, 0.2) is 0 Å². The molecular formula is C9H15NO4. The summed E-state index contributed by atoms with van der Waals surface area (Å²) in [5.74, 6) is -0.759. The highest BCUT2D eigenvalue weighted by Crippen LogP contribution is 2.18. The minimum absolute atomic E-state index is 0.151. The molecule has 3 atom stereocenters. The van der Waals surface area contributed by atoms with Gasteiger partial charge in [-0.1, -0.05) is 0 Å². The zero-order chi connectivity index (χ0) is 10.7. The lowest BCUT2D eigenvalue weighted by Gasteiger charge is -2.18. The van der Waals surface area contributed by atoms with Crippen LogP contribution < -0.4 is 5.32 Å². The van der Waals surface area contributed by atoms with Crippen molar-refractivity contribution in [1.82, 2.24) is 5.32 Å². The number of hydrogen-bond donors (Lipinski definition) is 1. The molecule has 0 aromatic heterocycles. The van der Waals surface area contributed by atoms with Crippen molar-refractivity contribution in [3.05, 3.63) is 0 Å². The van der Waals surface area contributed by atoms with E-state index in [1.165, 1.54) is 0 Å². The van der Waals surface area contributed by atoms with Crippen molar-refractivity contribution in [3.8, 4) is 0 Å². The Balaban J connectivity index is 2.56. The van der Waals surface area contributed by atoms with Crippen molar-refractivity contribution < 1.29 is 19.1 Å². The van der Waals surface area contributed by atoms with E-state index in [-0.39, 0.29) is 12.0 Å². The van der Waals surface area contributed by atoms with Crippen LogP contribution in [0.3, 0.4) is 0 Å². The minimum atomic E-state index is -0.473. The van der Waals surface area contributed by atoms with E-state index >= 15 is 0 Å². The van der Waals surface area contributed by atoms with Crippen molar-refractivity contribution in [2.24, 2.45) is 5.92 Å². The summed E-state index contributed by atoms with van der Waals surface area (Å²) in [7, 11) is 0. The summed E-state index contributed by atoms with van der Waals surface area (Å²) in [4.78, 5) is 22.2. The van der Waals surface area contributed by atoms with Crippen LogP contribution >= 0.6 is 0 Å². The first-order valence-corrected chi connectivity index (χ1v) is 4.70. The van der Waals surface area contributed by atoms with Crippen molar-refractivity contribution >= 4 is 12.1 Å². The molecule has 1 aliphatic rings. The Bertz CT molecular complexity index is 241. The fraction of sp³-hybridized carbons (Fsp3) is 0.778. The molecule has 1 N–H and O–H groups in total. The molecule has 0 unspecified atom stereocenters. The summed E-state index contributed by atoms with van der Waals surface area (Å²) in [5.41, 5.74) is 0. The molecule has 1 aliphatic heterocycles. The van der Waals surface area contributed by atoms with Crippen LogP contribution in [0, 0.1) is 5.92 Å². The normalized spacial score (nSPS) is 27.8. The molecule has 0 aliphatic carbocycles. The average Bonchev–Trinajstić information content (AvgIpc) is 2.44. The zero-order valence-electron chi connectivity index (χ0n) is 8.57. The van der Waals surface area contributed by atoms with Gasteiger partial charge in [-0.3, -0.25) is 4.79 Å². The summed E-state index contributed by atoms with van der Waals surface area (Å²) >= 11 is 0. The lowest BCUT2D eigenvalue weighted by atomic mass is 10.00. The average molecular weight is 201 g/mol. The van der Waals surface area contributed by atoms with Crippen molar-refractivity contribution in [1.29, 1.82) is 0 Å². The number of nitrogens with one attached hydrogen (secondary N) is 1. The van der Waals surface area contributed by atoms with Gasteiger partial charge in [-0.05, 0) is 20.8 Å². The van der Waals surface area contributed by atoms with E-state index in [1.807, 2.05) is 0 Å². The second kappa shape index (κ2) is 4.30. The summed E-state index contributed by atoms with van der Waals surface area (Å²) in [6.45, 7) is 5.57. The van der Waals surface area contributed by atoms with Gasteiger partial charge in [0.2, 0.25) is 0 Å². The molecule has 1 amide bonds. The summed E-state index contributed by atoms with van der Waals surface area (Å²) < 4.78 is 9.79. The van der Waals surface area contributed by atoms with Crippen LogP contribution in [-0.4, -0.2) is 30.8 Å². The first-order chi connectivity index (χ1) is 6.56. The Kier molecular flexibility index (Phi) is 3.33. The standard InChI is InChI=1S/C9H15NO4/c1-4-13-8(11)5(2)7-6(3)10-9(12)14-7/h5-7H,4H2,1-3H3,(H,10,12)/t5-,6+,7+/m1/s1. The number of rotatable bonds is 3. The highest BCUT2D eigenvalue weighted by atomic mass is 16.6. The van der Waals surface area contributed by atoms with Crippen LogP contribution in [-0.2, 0) is 14.3 Å². The van der Waals surface area contributed by atoms with E-state index in [1.54, 1.807) is 20.8 Å². The predicted molar refractivity (Wildman–Crippen MR) is 48.7 cm³/mol. The maximum atomic E-state index is 11.3. The van der Waals surface area contributed by atoms with Crippen LogP contribution in [0.25, 0.3) is 0 Å². The quantitative estimate of drug-likeness (QED) is 0.682. The lowest BCUT2D eigenvalue weighted by molar-refractivity contribution is -0.150. The minimum Gasteiger partial charge on any atom is -0.466 e. The van der Waals surface area contributed by atoms with Gasteiger partial charge in [0.1, 0.15) is 6.10 Å². The molecule has 5 nitrogen and oxygen atoms in total. The molecule has 0 radical (unpaired) electrons. The Morgan fingerprint density at radius 1 is 1.71 bits per heavy atom. The third-order valence-electron chi connectivity index (χ3n) is 2.23. The third-order valence-corrected chi connectivity index (χ3v) is 2.23. The smallest absolute Gasteiger partial charge is 0.407 e. The van der Waals surface area contributed by atoms with Crippen LogP contribution in [0.4, 0.5) is 4.79 Å². The number of esters is 1.